The zero-order chi connectivity index (χ0) is 12.0. The topological polar surface area (TPSA) is 84.8 Å². The first-order valence-electron chi connectivity index (χ1n) is 6.18. The molecule has 92 valence electrons. The van der Waals surface area contributed by atoms with E-state index in [4.69, 9.17) is 0 Å². The van der Waals surface area contributed by atoms with Crippen LogP contribution in [0.3, 0.4) is 0 Å². The molecule has 1 fully saturated rings. The van der Waals surface area contributed by atoms with E-state index >= 15 is 0 Å². The van der Waals surface area contributed by atoms with Gasteiger partial charge in [0.1, 0.15) is 5.97 Å². The van der Waals surface area contributed by atoms with Crippen molar-refractivity contribution in [1.82, 2.24) is 0 Å². The van der Waals surface area contributed by atoms with Gasteiger partial charge in [-0.1, -0.05) is 38.5 Å². The molecule has 0 aromatic rings. The molecule has 0 amide bonds. The third kappa shape index (κ3) is 4.31. The fourth-order valence-electron chi connectivity index (χ4n) is 2.35. The summed E-state index contributed by atoms with van der Waals surface area (Å²) in [6.45, 7) is 0. The fraction of sp³-hybridized carbons (Fsp3) is 0.833. The smallest absolute Gasteiger partial charge is 0.195 e. The lowest BCUT2D eigenvalue weighted by Gasteiger charge is -2.21. The zero-order valence-electron chi connectivity index (χ0n) is 9.74. The van der Waals surface area contributed by atoms with Crippen molar-refractivity contribution in [3.63, 3.8) is 0 Å². The molecule has 0 spiro atoms. The quantitative estimate of drug-likeness (QED) is 0.630. The minimum atomic E-state index is -1.36. The summed E-state index contributed by atoms with van der Waals surface area (Å²) >= 11 is 0. The number of rotatable bonds is 6. The fourth-order valence-corrected chi connectivity index (χ4v) is 2.35. The number of carboxylic acid groups (broad SMARTS) is 1. The van der Waals surface area contributed by atoms with Crippen LogP contribution in [0.5, 0.6) is 0 Å². The van der Waals surface area contributed by atoms with Crippen molar-refractivity contribution < 1.29 is 20.4 Å². The lowest BCUT2D eigenvalue weighted by Crippen LogP contribution is -2.71. The van der Waals surface area contributed by atoms with Gasteiger partial charge in [0.2, 0.25) is 0 Å². The van der Waals surface area contributed by atoms with Gasteiger partial charge in [-0.2, -0.15) is 0 Å². The van der Waals surface area contributed by atoms with Crippen molar-refractivity contribution in [2.45, 2.75) is 57.4 Å². The lowest BCUT2D eigenvalue weighted by atomic mass is 9.85. The Hall–Kier alpha value is -0.900. The van der Waals surface area contributed by atoms with E-state index in [9.17, 15) is 14.7 Å². The molecule has 3 N–H and O–H groups in total. The highest BCUT2D eigenvalue weighted by molar-refractivity contribution is 5.99. The molecule has 4 heteroatoms. The maximum absolute atomic E-state index is 11.3. The zero-order valence-corrected chi connectivity index (χ0v) is 9.74. The van der Waals surface area contributed by atoms with Gasteiger partial charge >= 0.3 is 0 Å². The molecular formula is C12H21NO3. The maximum Gasteiger partial charge on any atom is 0.195 e. The summed E-state index contributed by atoms with van der Waals surface area (Å²) in [5.41, 5.74) is 3.29. The summed E-state index contributed by atoms with van der Waals surface area (Å²) in [7, 11) is 0. The summed E-state index contributed by atoms with van der Waals surface area (Å²) in [4.78, 5) is 21.8. The lowest BCUT2D eigenvalue weighted by molar-refractivity contribution is -0.423. The largest absolute Gasteiger partial charge is 0.544 e. The standard InChI is InChI=1S/C12H21NO3/c13-11(12(15)16)10(14)8-4-7-9-5-2-1-3-6-9/h9,11H,1-8,13H2,(H,15,16)/t11-/m1/s1. The third-order valence-corrected chi connectivity index (χ3v) is 3.43. The molecule has 16 heavy (non-hydrogen) atoms. The first-order valence-corrected chi connectivity index (χ1v) is 6.18. The molecular weight excluding hydrogens is 206 g/mol. The number of quaternary nitrogens is 1. The Morgan fingerprint density at radius 1 is 1.25 bits per heavy atom. The van der Waals surface area contributed by atoms with E-state index in [2.05, 4.69) is 5.73 Å². The maximum atomic E-state index is 11.3. The number of Topliss-reactive ketones (excluding diaryl/α,β-unsaturated/α-hetero) is 1. The summed E-state index contributed by atoms with van der Waals surface area (Å²) in [5.74, 6) is -0.911. The first-order chi connectivity index (χ1) is 7.61. The van der Waals surface area contributed by atoms with Crippen LogP contribution in [-0.2, 0) is 9.59 Å². The number of hydrogen-bond acceptors (Lipinski definition) is 3. The molecule has 1 saturated carbocycles. The molecule has 0 unspecified atom stereocenters. The van der Waals surface area contributed by atoms with Crippen LogP contribution >= 0.6 is 0 Å². The molecule has 0 aliphatic heterocycles. The van der Waals surface area contributed by atoms with Crippen molar-refractivity contribution >= 4 is 11.8 Å². The molecule has 0 radical (unpaired) electrons. The van der Waals surface area contributed by atoms with Gasteiger partial charge in [-0.3, -0.25) is 4.79 Å². The van der Waals surface area contributed by atoms with Gasteiger partial charge in [0.25, 0.3) is 0 Å². The predicted molar refractivity (Wildman–Crippen MR) is 57.1 cm³/mol. The molecule has 0 saturated heterocycles. The first kappa shape index (κ1) is 13.2. The van der Waals surface area contributed by atoms with Gasteiger partial charge < -0.3 is 15.6 Å². The minimum absolute atomic E-state index is 0.296. The van der Waals surface area contributed by atoms with E-state index in [1.807, 2.05) is 0 Å². The molecule has 1 aliphatic rings. The average Bonchev–Trinajstić information content (AvgIpc) is 2.29. The molecule has 1 aliphatic carbocycles. The van der Waals surface area contributed by atoms with Gasteiger partial charge in [-0.25, -0.2) is 0 Å². The molecule has 0 heterocycles. The second kappa shape index (κ2) is 6.63. The van der Waals surface area contributed by atoms with Gasteiger partial charge in [0.05, 0.1) is 0 Å². The van der Waals surface area contributed by atoms with Gasteiger partial charge in [0.15, 0.2) is 11.8 Å². The van der Waals surface area contributed by atoms with Crippen molar-refractivity contribution in [2.24, 2.45) is 5.92 Å². The SMILES string of the molecule is [NH3+][C@@H](C(=O)[O-])C(=O)CCCC1CCCCC1. The van der Waals surface area contributed by atoms with E-state index in [1.54, 1.807) is 0 Å². The van der Waals surface area contributed by atoms with Crippen LogP contribution in [-0.4, -0.2) is 17.8 Å². The normalized spacial score (nSPS) is 19.3. The highest BCUT2D eigenvalue weighted by Gasteiger charge is 2.19. The number of carbonyl (C=O) groups excluding carboxylic acids is 2. The number of ketones is 1. The van der Waals surface area contributed by atoms with Crippen LogP contribution in [0.1, 0.15) is 51.4 Å². The minimum Gasteiger partial charge on any atom is -0.544 e. The number of carboxylic acids is 1. The van der Waals surface area contributed by atoms with Crippen LogP contribution in [0.2, 0.25) is 0 Å². The van der Waals surface area contributed by atoms with E-state index in [0.717, 1.165) is 18.8 Å². The highest BCUT2D eigenvalue weighted by atomic mass is 16.4. The third-order valence-electron chi connectivity index (χ3n) is 3.43. The second-order valence-electron chi connectivity index (χ2n) is 4.73. The Morgan fingerprint density at radius 3 is 2.44 bits per heavy atom. The summed E-state index contributed by atoms with van der Waals surface area (Å²) < 4.78 is 0. The van der Waals surface area contributed by atoms with Crippen molar-refractivity contribution in [1.29, 1.82) is 0 Å². The average molecular weight is 227 g/mol. The van der Waals surface area contributed by atoms with Crippen LogP contribution in [0, 0.1) is 5.92 Å². The van der Waals surface area contributed by atoms with E-state index in [1.165, 1.54) is 32.1 Å². The second-order valence-corrected chi connectivity index (χ2v) is 4.73. The Kier molecular flexibility index (Phi) is 5.46. The Balaban J connectivity index is 2.14. The number of hydrogen-bond donors (Lipinski definition) is 1. The van der Waals surface area contributed by atoms with Crippen LogP contribution in [0.4, 0.5) is 0 Å². The molecule has 0 bridgehead atoms. The van der Waals surface area contributed by atoms with Gasteiger partial charge in [0, 0.05) is 6.42 Å². The van der Waals surface area contributed by atoms with Crippen LogP contribution in [0.15, 0.2) is 0 Å². The molecule has 4 nitrogen and oxygen atoms in total. The van der Waals surface area contributed by atoms with E-state index in [0.29, 0.717) is 6.42 Å². The molecule has 1 rings (SSSR count). The highest BCUT2D eigenvalue weighted by Crippen LogP contribution is 2.27. The molecule has 0 aromatic heterocycles. The van der Waals surface area contributed by atoms with Crippen LogP contribution < -0.4 is 10.8 Å². The summed E-state index contributed by atoms with van der Waals surface area (Å²) in [5, 5.41) is 10.4. The Labute approximate surface area is 96.2 Å². The summed E-state index contributed by atoms with van der Waals surface area (Å²) in [6, 6.07) is -1.19. The Morgan fingerprint density at radius 2 is 1.88 bits per heavy atom. The summed E-state index contributed by atoms with van der Waals surface area (Å²) in [6.07, 6.45) is 8.64. The number of carbonyl (C=O) groups is 2. The monoisotopic (exact) mass is 227 g/mol. The van der Waals surface area contributed by atoms with Gasteiger partial charge in [-0.15, -0.1) is 0 Å². The van der Waals surface area contributed by atoms with Crippen LogP contribution in [0.25, 0.3) is 0 Å². The number of aliphatic carboxylic acids is 1. The molecule has 0 aromatic carbocycles. The van der Waals surface area contributed by atoms with E-state index in [-0.39, 0.29) is 5.78 Å². The van der Waals surface area contributed by atoms with Crippen molar-refractivity contribution in [3.8, 4) is 0 Å². The van der Waals surface area contributed by atoms with Crippen molar-refractivity contribution in [3.05, 3.63) is 0 Å². The molecule has 1 atom stereocenters. The van der Waals surface area contributed by atoms with Gasteiger partial charge in [-0.05, 0) is 12.3 Å². The van der Waals surface area contributed by atoms with Crippen molar-refractivity contribution in [2.75, 3.05) is 0 Å². The predicted octanol–water partition coefficient (Wildman–Crippen LogP) is -0.333. The van der Waals surface area contributed by atoms with E-state index < -0.39 is 12.0 Å². The Bertz CT molecular complexity index is 247.